The molecule has 2 aromatic rings. The third-order valence-corrected chi connectivity index (χ3v) is 4.22. The first-order valence-electron chi connectivity index (χ1n) is 6.28. The fourth-order valence-electron chi connectivity index (χ4n) is 1.79. The van der Waals surface area contributed by atoms with Crippen LogP contribution in [0.15, 0.2) is 48.5 Å². The maximum absolute atomic E-state index is 12.0. The number of nitrogen functional groups attached to an aromatic ring is 1. The first-order chi connectivity index (χ1) is 10.0. The molecule has 0 spiro atoms. The fourth-order valence-corrected chi connectivity index (χ4v) is 3.00. The summed E-state index contributed by atoms with van der Waals surface area (Å²) in [4.78, 5) is 11.9. The Balaban J connectivity index is 1.91. The van der Waals surface area contributed by atoms with Gasteiger partial charge in [0.2, 0.25) is 5.91 Å². The smallest absolute Gasteiger partial charge is 0.237 e. The van der Waals surface area contributed by atoms with Crippen molar-refractivity contribution < 1.29 is 9.00 Å². The molecule has 6 heteroatoms. The highest BCUT2D eigenvalue weighted by Crippen LogP contribution is 2.22. The van der Waals surface area contributed by atoms with E-state index in [4.69, 9.17) is 17.3 Å². The maximum Gasteiger partial charge on any atom is 0.237 e. The average Bonchev–Trinajstić information content (AvgIpc) is 2.43. The second-order valence-electron chi connectivity index (χ2n) is 4.49. The molecular formula is C15H15ClN2O2S. The van der Waals surface area contributed by atoms with E-state index in [1.54, 1.807) is 18.2 Å². The van der Waals surface area contributed by atoms with Crippen LogP contribution in [0.25, 0.3) is 0 Å². The van der Waals surface area contributed by atoms with Crippen LogP contribution in [-0.2, 0) is 21.3 Å². The predicted molar refractivity (Wildman–Crippen MR) is 87.6 cm³/mol. The molecule has 1 unspecified atom stereocenters. The molecule has 0 saturated carbocycles. The van der Waals surface area contributed by atoms with E-state index in [9.17, 15) is 9.00 Å². The number of nitrogens with one attached hydrogen (secondary N) is 1. The van der Waals surface area contributed by atoms with E-state index in [1.807, 2.05) is 30.3 Å². The Bertz CT molecular complexity index is 662. The van der Waals surface area contributed by atoms with Crippen LogP contribution in [0.4, 0.5) is 11.4 Å². The Labute approximate surface area is 130 Å². The van der Waals surface area contributed by atoms with Crippen molar-refractivity contribution >= 4 is 39.7 Å². The first kappa shape index (κ1) is 15.5. The summed E-state index contributed by atoms with van der Waals surface area (Å²) < 4.78 is 12.0. The van der Waals surface area contributed by atoms with Crippen LogP contribution in [0.3, 0.4) is 0 Å². The number of nitrogens with two attached hydrogens (primary N) is 1. The molecule has 1 atom stereocenters. The first-order valence-corrected chi connectivity index (χ1v) is 8.15. The Morgan fingerprint density at radius 2 is 1.90 bits per heavy atom. The standard InChI is InChI=1S/C15H15ClN2O2S/c16-12-6-7-14(13(17)8-12)18-15(19)10-21(20)9-11-4-2-1-3-5-11/h1-8H,9-10,17H2,(H,18,19). The quantitative estimate of drug-likeness (QED) is 0.831. The van der Waals surface area contributed by atoms with Crippen LogP contribution in [0, 0.1) is 0 Å². The lowest BCUT2D eigenvalue weighted by molar-refractivity contribution is -0.113. The lowest BCUT2D eigenvalue weighted by Crippen LogP contribution is -2.20. The van der Waals surface area contributed by atoms with Crippen LogP contribution in [0.5, 0.6) is 0 Å². The van der Waals surface area contributed by atoms with Gasteiger partial charge in [0.15, 0.2) is 0 Å². The van der Waals surface area contributed by atoms with Crippen LogP contribution in [-0.4, -0.2) is 15.9 Å². The summed E-state index contributed by atoms with van der Waals surface area (Å²) in [6.07, 6.45) is 0. The number of benzene rings is 2. The van der Waals surface area contributed by atoms with Crippen molar-refractivity contribution in [1.82, 2.24) is 0 Å². The van der Waals surface area contributed by atoms with E-state index in [1.165, 1.54) is 0 Å². The number of rotatable bonds is 5. The van der Waals surface area contributed by atoms with Gasteiger partial charge in [0.25, 0.3) is 0 Å². The Morgan fingerprint density at radius 3 is 2.57 bits per heavy atom. The molecule has 0 aliphatic heterocycles. The van der Waals surface area contributed by atoms with Crippen molar-refractivity contribution in [2.45, 2.75) is 5.75 Å². The number of hydrogen-bond donors (Lipinski definition) is 2. The molecule has 2 aromatic carbocycles. The van der Waals surface area contributed by atoms with Gasteiger partial charge in [-0.2, -0.15) is 0 Å². The molecule has 0 bridgehead atoms. The van der Waals surface area contributed by atoms with Gasteiger partial charge < -0.3 is 11.1 Å². The van der Waals surface area contributed by atoms with Crippen molar-refractivity contribution in [3.8, 4) is 0 Å². The zero-order chi connectivity index (χ0) is 15.2. The monoisotopic (exact) mass is 322 g/mol. The number of carbonyl (C=O) groups excluding carboxylic acids is 1. The minimum absolute atomic E-state index is 0.0725. The van der Waals surface area contributed by atoms with Crippen molar-refractivity contribution in [3.05, 3.63) is 59.1 Å². The van der Waals surface area contributed by atoms with Gasteiger partial charge in [-0.05, 0) is 23.8 Å². The van der Waals surface area contributed by atoms with E-state index in [-0.39, 0.29) is 11.7 Å². The van der Waals surface area contributed by atoms with E-state index in [0.29, 0.717) is 22.2 Å². The summed E-state index contributed by atoms with van der Waals surface area (Å²) in [6.45, 7) is 0. The zero-order valence-corrected chi connectivity index (χ0v) is 12.8. The predicted octanol–water partition coefficient (Wildman–Crippen LogP) is 2.81. The number of halogens is 1. The number of amides is 1. The minimum atomic E-state index is -1.26. The molecule has 0 aliphatic carbocycles. The van der Waals surface area contributed by atoms with E-state index < -0.39 is 10.8 Å². The summed E-state index contributed by atoms with van der Waals surface area (Å²) in [5, 5.41) is 3.14. The van der Waals surface area contributed by atoms with Gasteiger partial charge in [-0.1, -0.05) is 41.9 Å². The molecule has 0 saturated heterocycles. The molecule has 2 rings (SSSR count). The van der Waals surface area contributed by atoms with Crippen molar-refractivity contribution in [2.24, 2.45) is 0 Å². The van der Waals surface area contributed by atoms with Gasteiger partial charge in [0.05, 0.1) is 11.4 Å². The summed E-state index contributed by atoms with van der Waals surface area (Å²) in [6, 6.07) is 14.2. The van der Waals surface area contributed by atoms with Crippen molar-refractivity contribution in [1.29, 1.82) is 0 Å². The molecule has 0 heterocycles. The second-order valence-corrected chi connectivity index (χ2v) is 6.39. The largest absolute Gasteiger partial charge is 0.397 e. The highest BCUT2D eigenvalue weighted by atomic mass is 35.5. The van der Waals surface area contributed by atoms with Gasteiger partial charge in [0, 0.05) is 21.6 Å². The van der Waals surface area contributed by atoms with Gasteiger partial charge in [-0.15, -0.1) is 0 Å². The third kappa shape index (κ3) is 4.88. The van der Waals surface area contributed by atoms with Crippen LogP contribution < -0.4 is 11.1 Å². The molecule has 21 heavy (non-hydrogen) atoms. The fraction of sp³-hybridized carbons (Fsp3) is 0.133. The molecule has 0 aliphatic rings. The maximum atomic E-state index is 12.0. The molecule has 4 nitrogen and oxygen atoms in total. The lowest BCUT2D eigenvalue weighted by atomic mass is 10.2. The van der Waals surface area contributed by atoms with E-state index in [2.05, 4.69) is 5.32 Å². The third-order valence-electron chi connectivity index (χ3n) is 2.75. The zero-order valence-electron chi connectivity index (χ0n) is 11.2. The van der Waals surface area contributed by atoms with Crippen molar-refractivity contribution in [3.63, 3.8) is 0 Å². The Morgan fingerprint density at radius 1 is 1.19 bits per heavy atom. The Kier molecular flexibility index (Phi) is 5.36. The molecule has 110 valence electrons. The summed E-state index contributed by atoms with van der Waals surface area (Å²) >= 11 is 5.79. The lowest BCUT2D eigenvalue weighted by Gasteiger charge is -2.08. The highest BCUT2D eigenvalue weighted by molar-refractivity contribution is 7.84. The Hall–Kier alpha value is -1.85. The average molecular weight is 323 g/mol. The highest BCUT2D eigenvalue weighted by Gasteiger charge is 2.10. The SMILES string of the molecule is Nc1cc(Cl)ccc1NC(=O)CS(=O)Cc1ccccc1. The summed E-state index contributed by atoms with van der Waals surface area (Å²) in [5.74, 6) is -0.0558. The molecule has 3 N–H and O–H groups in total. The summed E-state index contributed by atoms with van der Waals surface area (Å²) in [7, 11) is -1.26. The molecule has 0 aromatic heterocycles. The van der Waals surface area contributed by atoms with Gasteiger partial charge >= 0.3 is 0 Å². The number of carbonyl (C=O) groups is 1. The molecular weight excluding hydrogens is 308 g/mol. The van der Waals surface area contributed by atoms with Crippen LogP contribution in [0.2, 0.25) is 5.02 Å². The molecule has 0 fully saturated rings. The topological polar surface area (TPSA) is 72.2 Å². The molecule has 1 amide bonds. The molecule has 0 radical (unpaired) electrons. The van der Waals surface area contributed by atoms with Crippen LogP contribution in [0.1, 0.15) is 5.56 Å². The second kappa shape index (κ2) is 7.24. The van der Waals surface area contributed by atoms with Crippen molar-refractivity contribution in [2.75, 3.05) is 16.8 Å². The van der Waals surface area contributed by atoms with Gasteiger partial charge in [0.1, 0.15) is 5.75 Å². The van der Waals surface area contributed by atoms with Gasteiger partial charge in [-0.25, -0.2) is 0 Å². The number of hydrogen-bond acceptors (Lipinski definition) is 3. The van der Waals surface area contributed by atoms with E-state index in [0.717, 1.165) is 5.56 Å². The van der Waals surface area contributed by atoms with Gasteiger partial charge in [-0.3, -0.25) is 9.00 Å². The minimum Gasteiger partial charge on any atom is -0.397 e. The number of anilines is 2. The summed E-state index contributed by atoms with van der Waals surface area (Å²) in [5.41, 5.74) is 7.54. The van der Waals surface area contributed by atoms with Crippen LogP contribution >= 0.6 is 11.6 Å². The normalized spacial score (nSPS) is 11.9. The van der Waals surface area contributed by atoms with E-state index >= 15 is 0 Å².